The SMILES string of the molecule is CC(C)(C)C1=CCCC(c2ccc(Cl)c(Cl)c2)=C1. The zero-order chi connectivity index (χ0) is 13.3. The van der Waals surface area contributed by atoms with Gasteiger partial charge in [-0.1, -0.05) is 62.2 Å². The molecule has 0 fully saturated rings. The van der Waals surface area contributed by atoms with Crippen molar-refractivity contribution in [2.45, 2.75) is 33.6 Å². The Labute approximate surface area is 119 Å². The second kappa shape index (κ2) is 5.11. The van der Waals surface area contributed by atoms with Crippen LogP contribution in [0.25, 0.3) is 5.57 Å². The van der Waals surface area contributed by atoms with Gasteiger partial charge in [0, 0.05) is 0 Å². The Morgan fingerprint density at radius 1 is 1.06 bits per heavy atom. The fourth-order valence-electron chi connectivity index (χ4n) is 2.15. The Morgan fingerprint density at radius 3 is 2.39 bits per heavy atom. The summed E-state index contributed by atoms with van der Waals surface area (Å²) in [4.78, 5) is 0. The molecular formula is C16H18Cl2. The Balaban J connectivity index is 2.36. The van der Waals surface area contributed by atoms with Gasteiger partial charge in [-0.3, -0.25) is 0 Å². The van der Waals surface area contributed by atoms with Gasteiger partial charge in [0.1, 0.15) is 0 Å². The van der Waals surface area contributed by atoms with Gasteiger partial charge in [-0.05, 0) is 47.1 Å². The standard InChI is InChI=1S/C16H18Cl2/c1-16(2,3)13-6-4-5-11(9-13)12-7-8-14(17)15(18)10-12/h6-10H,4-5H2,1-3H3. The summed E-state index contributed by atoms with van der Waals surface area (Å²) in [6, 6.07) is 5.88. The maximum absolute atomic E-state index is 6.09. The molecule has 2 heteroatoms. The number of rotatable bonds is 1. The van der Waals surface area contributed by atoms with Crippen molar-refractivity contribution in [2.75, 3.05) is 0 Å². The molecule has 0 saturated carbocycles. The Kier molecular flexibility index (Phi) is 3.89. The minimum Gasteiger partial charge on any atom is -0.0827 e. The van der Waals surface area contributed by atoms with E-state index < -0.39 is 0 Å². The minimum absolute atomic E-state index is 0.196. The number of halogens is 2. The van der Waals surface area contributed by atoms with E-state index in [1.54, 1.807) is 0 Å². The quantitative estimate of drug-likeness (QED) is 0.579. The highest BCUT2D eigenvalue weighted by molar-refractivity contribution is 6.42. The van der Waals surface area contributed by atoms with Crippen LogP contribution in [-0.2, 0) is 0 Å². The maximum atomic E-state index is 6.09. The first-order valence-corrected chi connectivity index (χ1v) is 7.00. The largest absolute Gasteiger partial charge is 0.0827 e. The highest BCUT2D eigenvalue weighted by Crippen LogP contribution is 2.36. The van der Waals surface area contributed by atoms with Crippen molar-refractivity contribution in [1.82, 2.24) is 0 Å². The number of hydrogen-bond acceptors (Lipinski definition) is 0. The average molecular weight is 281 g/mol. The van der Waals surface area contributed by atoms with Gasteiger partial charge in [-0.2, -0.15) is 0 Å². The van der Waals surface area contributed by atoms with Gasteiger partial charge in [-0.15, -0.1) is 0 Å². The van der Waals surface area contributed by atoms with E-state index in [2.05, 4.69) is 32.9 Å². The van der Waals surface area contributed by atoms with Crippen molar-refractivity contribution in [3.05, 3.63) is 51.5 Å². The van der Waals surface area contributed by atoms with Crippen LogP contribution in [0.3, 0.4) is 0 Å². The molecule has 0 saturated heterocycles. The van der Waals surface area contributed by atoms with Crippen molar-refractivity contribution in [3.63, 3.8) is 0 Å². The van der Waals surface area contributed by atoms with Gasteiger partial charge in [0.25, 0.3) is 0 Å². The average Bonchev–Trinajstić information content (AvgIpc) is 2.32. The molecule has 0 unspecified atom stereocenters. The molecule has 0 aliphatic heterocycles. The monoisotopic (exact) mass is 280 g/mol. The fraction of sp³-hybridized carbons (Fsp3) is 0.375. The summed E-state index contributed by atoms with van der Waals surface area (Å²) >= 11 is 12.0. The predicted octanol–water partition coefficient (Wildman–Crippen LogP) is 6.14. The molecule has 1 aromatic rings. The molecule has 0 heterocycles. The van der Waals surface area contributed by atoms with E-state index in [1.807, 2.05) is 18.2 Å². The van der Waals surface area contributed by atoms with E-state index in [9.17, 15) is 0 Å². The molecule has 18 heavy (non-hydrogen) atoms. The highest BCUT2D eigenvalue weighted by Gasteiger charge is 2.18. The summed E-state index contributed by atoms with van der Waals surface area (Å²) < 4.78 is 0. The van der Waals surface area contributed by atoms with Gasteiger partial charge < -0.3 is 0 Å². The first-order chi connectivity index (χ1) is 8.38. The number of benzene rings is 1. The lowest BCUT2D eigenvalue weighted by atomic mass is 9.80. The molecular weight excluding hydrogens is 263 g/mol. The first-order valence-electron chi connectivity index (χ1n) is 6.24. The smallest absolute Gasteiger partial charge is 0.0598 e. The third kappa shape index (κ3) is 2.99. The van der Waals surface area contributed by atoms with Gasteiger partial charge >= 0.3 is 0 Å². The van der Waals surface area contributed by atoms with E-state index in [0.29, 0.717) is 10.0 Å². The van der Waals surface area contributed by atoms with Crippen LogP contribution in [-0.4, -0.2) is 0 Å². The third-order valence-corrected chi connectivity index (χ3v) is 4.00. The van der Waals surface area contributed by atoms with E-state index in [1.165, 1.54) is 16.7 Å². The van der Waals surface area contributed by atoms with Crippen LogP contribution in [0.15, 0.2) is 35.9 Å². The van der Waals surface area contributed by atoms with E-state index in [4.69, 9.17) is 23.2 Å². The van der Waals surface area contributed by atoms with Gasteiger partial charge in [0.2, 0.25) is 0 Å². The first kappa shape index (κ1) is 13.7. The summed E-state index contributed by atoms with van der Waals surface area (Å²) in [5.41, 5.74) is 4.12. The fourth-order valence-corrected chi connectivity index (χ4v) is 2.45. The zero-order valence-electron chi connectivity index (χ0n) is 11.1. The molecule has 96 valence electrons. The molecule has 1 aliphatic carbocycles. The summed E-state index contributed by atoms with van der Waals surface area (Å²) in [6.07, 6.45) is 6.79. The molecule has 0 bridgehead atoms. The van der Waals surface area contributed by atoms with E-state index >= 15 is 0 Å². The lowest BCUT2D eigenvalue weighted by molar-refractivity contribution is 0.513. The van der Waals surface area contributed by atoms with Crippen molar-refractivity contribution in [2.24, 2.45) is 5.41 Å². The summed E-state index contributed by atoms with van der Waals surface area (Å²) in [7, 11) is 0. The summed E-state index contributed by atoms with van der Waals surface area (Å²) in [6.45, 7) is 6.73. The lowest BCUT2D eigenvalue weighted by Gasteiger charge is -2.25. The van der Waals surface area contributed by atoms with Gasteiger partial charge in [0.05, 0.1) is 10.0 Å². The topological polar surface area (TPSA) is 0 Å². The van der Waals surface area contributed by atoms with Crippen LogP contribution in [0.4, 0.5) is 0 Å². The van der Waals surface area contributed by atoms with E-state index in [0.717, 1.165) is 12.8 Å². The van der Waals surface area contributed by atoms with Crippen LogP contribution >= 0.6 is 23.2 Å². The molecule has 0 N–H and O–H groups in total. The van der Waals surface area contributed by atoms with Crippen molar-refractivity contribution < 1.29 is 0 Å². The molecule has 2 rings (SSSR count). The predicted molar refractivity (Wildman–Crippen MR) is 81.2 cm³/mol. The molecule has 1 aromatic carbocycles. The molecule has 0 amide bonds. The molecule has 0 radical (unpaired) electrons. The van der Waals surface area contributed by atoms with Gasteiger partial charge in [-0.25, -0.2) is 0 Å². The van der Waals surface area contributed by atoms with Crippen LogP contribution in [0.5, 0.6) is 0 Å². The molecule has 0 atom stereocenters. The molecule has 0 nitrogen and oxygen atoms in total. The Bertz CT molecular complexity index is 516. The summed E-state index contributed by atoms with van der Waals surface area (Å²) in [5, 5.41) is 1.24. The molecule has 0 aromatic heterocycles. The minimum atomic E-state index is 0.196. The van der Waals surface area contributed by atoms with Crippen LogP contribution in [0.1, 0.15) is 39.2 Å². The third-order valence-electron chi connectivity index (χ3n) is 3.26. The Morgan fingerprint density at radius 2 is 1.78 bits per heavy atom. The number of allylic oxidation sites excluding steroid dienone is 4. The Hall–Kier alpha value is -0.720. The lowest BCUT2D eigenvalue weighted by Crippen LogP contribution is -2.10. The zero-order valence-corrected chi connectivity index (χ0v) is 12.6. The van der Waals surface area contributed by atoms with Gasteiger partial charge in [0.15, 0.2) is 0 Å². The van der Waals surface area contributed by atoms with Crippen molar-refractivity contribution in [1.29, 1.82) is 0 Å². The van der Waals surface area contributed by atoms with Crippen molar-refractivity contribution >= 4 is 28.8 Å². The molecule has 0 spiro atoms. The van der Waals surface area contributed by atoms with Crippen molar-refractivity contribution in [3.8, 4) is 0 Å². The highest BCUT2D eigenvalue weighted by atomic mass is 35.5. The van der Waals surface area contributed by atoms with Crippen LogP contribution in [0.2, 0.25) is 10.0 Å². The second-order valence-corrected chi connectivity index (χ2v) is 6.56. The maximum Gasteiger partial charge on any atom is 0.0598 e. The molecule has 1 aliphatic rings. The second-order valence-electron chi connectivity index (χ2n) is 5.75. The normalized spacial score (nSPS) is 16.3. The van der Waals surface area contributed by atoms with E-state index in [-0.39, 0.29) is 5.41 Å². The number of hydrogen-bond donors (Lipinski definition) is 0. The van der Waals surface area contributed by atoms with Crippen LogP contribution in [0, 0.1) is 5.41 Å². The van der Waals surface area contributed by atoms with Crippen LogP contribution < -0.4 is 0 Å². The summed E-state index contributed by atoms with van der Waals surface area (Å²) in [5.74, 6) is 0.